The van der Waals surface area contributed by atoms with E-state index in [1.165, 1.54) is 35.7 Å². The van der Waals surface area contributed by atoms with Crippen LogP contribution in [0.4, 0.5) is 5.13 Å². The van der Waals surface area contributed by atoms with Gasteiger partial charge in [-0.3, -0.25) is 0 Å². The predicted molar refractivity (Wildman–Crippen MR) is 128 cm³/mol. The number of rotatable bonds is 6. The van der Waals surface area contributed by atoms with Gasteiger partial charge in [-0.2, -0.15) is 4.31 Å². The minimum Gasteiger partial charge on any atom is -0.497 e. The van der Waals surface area contributed by atoms with Crippen LogP contribution in [-0.4, -0.2) is 58.1 Å². The van der Waals surface area contributed by atoms with E-state index in [1.807, 2.05) is 6.07 Å². The minimum absolute atomic E-state index is 0.124. The van der Waals surface area contributed by atoms with Gasteiger partial charge in [-0.25, -0.2) is 13.4 Å². The number of aromatic nitrogens is 1. The Labute approximate surface area is 193 Å². The molecule has 1 aliphatic heterocycles. The number of aryl methyl sites for hydroxylation is 1. The molecular weight excluding hydrogens is 446 g/mol. The van der Waals surface area contributed by atoms with Gasteiger partial charge in [0.2, 0.25) is 10.0 Å². The van der Waals surface area contributed by atoms with E-state index in [4.69, 9.17) is 14.5 Å². The Hall–Kier alpha value is -2.62. The van der Waals surface area contributed by atoms with Gasteiger partial charge in [-0.15, -0.1) is 11.3 Å². The molecule has 0 unspecified atom stereocenters. The third kappa shape index (κ3) is 4.20. The third-order valence-electron chi connectivity index (χ3n) is 5.87. The minimum atomic E-state index is -3.71. The van der Waals surface area contributed by atoms with Crippen LogP contribution in [0, 0.1) is 13.8 Å². The van der Waals surface area contributed by atoms with E-state index in [9.17, 15) is 8.42 Å². The van der Waals surface area contributed by atoms with Crippen molar-refractivity contribution in [2.75, 3.05) is 45.3 Å². The van der Waals surface area contributed by atoms with Gasteiger partial charge < -0.3 is 14.4 Å². The van der Waals surface area contributed by atoms with Gasteiger partial charge in [0.05, 0.1) is 19.9 Å². The summed E-state index contributed by atoms with van der Waals surface area (Å²) in [6.45, 7) is 6.11. The van der Waals surface area contributed by atoms with E-state index in [1.54, 1.807) is 23.5 Å². The summed E-state index contributed by atoms with van der Waals surface area (Å²) in [7, 11) is -0.728. The predicted octanol–water partition coefficient (Wildman–Crippen LogP) is 3.96. The summed E-state index contributed by atoms with van der Waals surface area (Å²) in [5.74, 6) is 0.788. The molecule has 0 atom stereocenters. The highest BCUT2D eigenvalue weighted by atomic mass is 32.2. The van der Waals surface area contributed by atoms with E-state index in [-0.39, 0.29) is 4.90 Å². The van der Waals surface area contributed by atoms with Gasteiger partial charge in [0.1, 0.15) is 16.4 Å². The van der Waals surface area contributed by atoms with E-state index >= 15 is 0 Å². The topological polar surface area (TPSA) is 72.0 Å². The summed E-state index contributed by atoms with van der Waals surface area (Å²) >= 11 is 1.59. The van der Waals surface area contributed by atoms with Crippen LogP contribution in [0.3, 0.4) is 0 Å². The van der Waals surface area contributed by atoms with Crippen molar-refractivity contribution in [3.8, 4) is 22.8 Å². The first-order valence-corrected chi connectivity index (χ1v) is 12.7. The molecule has 1 aromatic heterocycles. The molecule has 3 aromatic rings. The lowest BCUT2D eigenvalue weighted by atomic mass is 10.0. The second-order valence-electron chi connectivity index (χ2n) is 7.67. The van der Waals surface area contributed by atoms with Crippen LogP contribution >= 0.6 is 11.3 Å². The molecule has 2 aromatic carbocycles. The molecule has 0 spiro atoms. The third-order valence-corrected chi connectivity index (χ3v) is 8.69. The monoisotopic (exact) mass is 473 g/mol. The van der Waals surface area contributed by atoms with Gasteiger partial charge in [-0.1, -0.05) is 18.2 Å². The lowest BCUT2D eigenvalue weighted by Gasteiger charge is -2.34. The van der Waals surface area contributed by atoms with Crippen molar-refractivity contribution in [1.82, 2.24) is 9.29 Å². The second-order valence-corrected chi connectivity index (χ2v) is 10.4. The summed E-state index contributed by atoms with van der Waals surface area (Å²) in [6.07, 6.45) is 0. The molecule has 0 N–H and O–H groups in total. The fourth-order valence-electron chi connectivity index (χ4n) is 3.81. The number of nitrogens with zero attached hydrogens (tertiary/aromatic N) is 3. The van der Waals surface area contributed by atoms with Gasteiger partial charge in [-0.05, 0) is 37.1 Å². The van der Waals surface area contributed by atoms with E-state index in [2.05, 4.69) is 36.3 Å². The number of piperazine rings is 1. The molecule has 9 heteroatoms. The van der Waals surface area contributed by atoms with Crippen molar-refractivity contribution in [1.29, 1.82) is 0 Å². The number of sulfonamides is 1. The molecule has 1 saturated heterocycles. The number of anilines is 1. The standard InChI is InChI=1S/C23H27N3O4S2/c1-16-6-5-7-19(17(16)2)20-15-31-23(24-20)25-10-12-26(13-11-25)32(27,28)22-14-18(29-3)8-9-21(22)30-4/h5-9,14-15H,10-13H2,1-4H3. The van der Waals surface area contributed by atoms with E-state index < -0.39 is 10.0 Å². The first-order valence-electron chi connectivity index (χ1n) is 10.3. The number of benzene rings is 2. The number of methoxy groups -OCH3 is 2. The molecule has 2 heterocycles. The van der Waals surface area contributed by atoms with Crippen LogP contribution in [0.2, 0.25) is 0 Å². The molecule has 4 rings (SSSR count). The number of ether oxygens (including phenoxy) is 2. The molecular formula is C23H27N3O4S2. The molecule has 1 aliphatic rings. The Bertz CT molecular complexity index is 1220. The molecule has 7 nitrogen and oxygen atoms in total. The molecule has 0 saturated carbocycles. The fraction of sp³-hybridized carbons (Fsp3) is 0.348. The fourth-order valence-corrected chi connectivity index (χ4v) is 6.28. The van der Waals surface area contributed by atoms with Gasteiger partial charge in [0.15, 0.2) is 5.13 Å². The molecule has 0 amide bonds. The summed E-state index contributed by atoms with van der Waals surface area (Å²) in [4.78, 5) is 7.11. The number of thiazole rings is 1. The summed E-state index contributed by atoms with van der Waals surface area (Å²) < 4.78 is 38.6. The zero-order chi connectivity index (χ0) is 22.9. The van der Waals surface area contributed by atoms with E-state index in [0.717, 1.165) is 16.4 Å². The van der Waals surface area contributed by atoms with Gasteiger partial charge >= 0.3 is 0 Å². The van der Waals surface area contributed by atoms with Gasteiger partial charge in [0.25, 0.3) is 0 Å². The Morgan fingerprint density at radius 3 is 2.44 bits per heavy atom. The molecule has 0 aliphatic carbocycles. The Morgan fingerprint density at radius 1 is 1.00 bits per heavy atom. The molecule has 0 bridgehead atoms. The zero-order valence-corrected chi connectivity index (χ0v) is 20.3. The summed E-state index contributed by atoms with van der Waals surface area (Å²) in [5.41, 5.74) is 4.57. The Kier molecular flexibility index (Phi) is 6.41. The normalized spacial score (nSPS) is 15.1. The van der Waals surface area contributed by atoms with Gasteiger partial charge in [0, 0.05) is 43.2 Å². The van der Waals surface area contributed by atoms with Crippen molar-refractivity contribution < 1.29 is 17.9 Å². The zero-order valence-electron chi connectivity index (χ0n) is 18.7. The van der Waals surface area contributed by atoms with Crippen LogP contribution in [-0.2, 0) is 10.0 Å². The number of hydrogen-bond acceptors (Lipinski definition) is 7. The van der Waals surface area contributed by atoms with Crippen molar-refractivity contribution >= 4 is 26.5 Å². The maximum Gasteiger partial charge on any atom is 0.247 e. The average molecular weight is 474 g/mol. The highest BCUT2D eigenvalue weighted by molar-refractivity contribution is 7.89. The van der Waals surface area contributed by atoms with Crippen LogP contribution in [0.15, 0.2) is 46.7 Å². The Morgan fingerprint density at radius 2 is 1.75 bits per heavy atom. The second kappa shape index (κ2) is 9.09. The summed E-state index contributed by atoms with van der Waals surface area (Å²) in [6, 6.07) is 11.1. The molecule has 170 valence electrons. The number of hydrogen-bond donors (Lipinski definition) is 0. The van der Waals surface area contributed by atoms with Crippen molar-refractivity contribution in [2.24, 2.45) is 0 Å². The average Bonchev–Trinajstić information content (AvgIpc) is 3.30. The largest absolute Gasteiger partial charge is 0.497 e. The first kappa shape index (κ1) is 22.6. The first-order chi connectivity index (χ1) is 15.3. The lowest BCUT2D eigenvalue weighted by molar-refractivity contribution is 0.370. The highest BCUT2D eigenvalue weighted by Gasteiger charge is 2.32. The molecule has 0 radical (unpaired) electrons. The summed E-state index contributed by atoms with van der Waals surface area (Å²) in [5, 5.41) is 2.98. The van der Waals surface area contributed by atoms with E-state index in [0.29, 0.717) is 37.7 Å². The smallest absolute Gasteiger partial charge is 0.247 e. The SMILES string of the molecule is COc1ccc(OC)c(S(=O)(=O)N2CCN(c3nc(-c4cccc(C)c4C)cs3)CC2)c1. The lowest BCUT2D eigenvalue weighted by Crippen LogP contribution is -2.48. The van der Waals surface area contributed by atoms with Crippen molar-refractivity contribution in [3.63, 3.8) is 0 Å². The van der Waals surface area contributed by atoms with Crippen LogP contribution < -0.4 is 14.4 Å². The maximum absolute atomic E-state index is 13.3. The van der Waals surface area contributed by atoms with Crippen LogP contribution in [0.25, 0.3) is 11.3 Å². The Balaban J connectivity index is 1.50. The van der Waals surface area contributed by atoms with Crippen molar-refractivity contribution in [2.45, 2.75) is 18.7 Å². The molecule has 32 heavy (non-hydrogen) atoms. The maximum atomic E-state index is 13.3. The quantitative estimate of drug-likeness (QED) is 0.540. The highest BCUT2D eigenvalue weighted by Crippen LogP contribution is 2.33. The van der Waals surface area contributed by atoms with Crippen LogP contribution in [0.5, 0.6) is 11.5 Å². The molecule has 1 fully saturated rings. The van der Waals surface area contributed by atoms with Crippen molar-refractivity contribution in [3.05, 3.63) is 52.9 Å². The van der Waals surface area contributed by atoms with Crippen LogP contribution in [0.1, 0.15) is 11.1 Å².